The summed E-state index contributed by atoms with van der Waals surface area (Å²) in [6, 6.07) is 16.0. The maximum atomic E-state index is 12.4. The minimum absolute atomic E-state index is 0.0685. The van der Waals surface area contributed by atoms with Gasteiger partial charge in [-0.1, -0.05) is 0 Å². The van der Waals surface area contributed by atoms with E-state index in [4.69, 9.17) is 21.4 Å². The van der Waals surface area contributed by atoms with Gasteiger partial charge in [0.1, 0.15) is 11.3 Å². The van der Waals surface area contributed by atoms with E-state index >= 15 is 0 Å². The molecule has 0 atom stereocenters. The lowest BCUT2D eigenvalue weighted by atomic mass is 10.2. The van der Waals surface area contributed by atoms with Crippen LogP contribution in [0.25, 0.3) is 22.6 Å². The Kier molecular flexibility index (Phi) is 5.90. The monoisotopic (exact) mass is 432 g/mol. The van der Waals surface area contributed by atoms with Crippen molar-refractivity contribution >= 4 is 40.0 Å². The van der Waals surface area contributed by atoms with Crippen LogP contribution in [0.3, 0.4) is 0 Å². The molecule has 0 fully saturated rings. The van der Waals surface area contributed by atoms with Gasteiger partial charge < -0.3 is 14.5 Å². The highest BCUT2D eigenvalue weighted by Crippen LogP contribution is 2.25. The summed E-state index contributed by atoms with van der Waals surface area (Å²) in [7, 11) is 0. The minimum Gasteiger partial charge on any atom is -0.491 e. The van der Waals surface area contributed by atoms with Crippen LogP contribution in [-0.4, -0.2) is 27.1 Å². The average Bonchev–Trinajstić information content (AvgIpc) is 3.18. The van der Waals surface area contributed by atoms with E-state index in [2.05, 4.69) is 20.6 Å². The molecule has 2 N–H and O–H groups in total. The summed E-state index contributed by atoms with van der Waals surface area (Å²) >= 11 is 5.28. The summed E-state index contributed by atoms with van der Waals surface area (Å²) in [5.41, 5.74) is 3.26. The number of ether oxygens (including phenoxy) is 1. The second kappa shape index (κ2) is 8.93. The number of anilines is 1. The Labute approximate surface area is 184 Å². The zero-order valence-electron chi connectivity index (χ0n) is 17.0. The summed E-state index contributed by atoms with van der Waals surface area (Å²) in [6.45, 7) is 3.89. The van der Waals surface area contributed by atoms with E-state index in [1.807, 2.05) is 26.0 Å². The molecule has 31 heavy (non-hydrogen) atoms. The molecule has 0 spiro atoms. The van der Waals surface area contributed by atoms with Crippen molar-refractivity contribution in [3.05, 3.63) is 72.6 Å². The third-order valence-electron chi connectivity index (χ3n) is 4.27. The number of carbonyl (C=O) groups is 1. The predicted molar refractivity (Wildman–Crippen MR) is 123 cm³/mol. The predicted octanol–water partition coefficient (Wildman–Crippen LogP) is 4.80. The van der Waals surface area contributed by atoms with E-state index in [0.29, 0.717) is 34.0 Å². The number of oxazole rings is 1. The molecule has 1 amide bonds. The molecule has 4 rings (SSSR count). The van der Waals surface area contributed by atoms with E-state index in [0.717, 1.165) is 5.56 Å². The average molecular weight is 433 g/mol. The number of nitrogens with zero attached hydrogens (tertiary/aromatic N) is 2. The number of fused-ring (bicyclic) bond motifs is 1. The Bertz CT molecular complexity index is 1220. The van der Waals surface area contributed by atoms with Crippen molar-refractivity contribution in [3.63, 3.8) is 0 Å². The zero-order valence-corrected chi connectivity index (χ0v) is 17.8. The lowest BCUT2D eigenvalue weighted by Crippen LogP contribution is -2.34. The van der Waals surface area contributed by atoms with Crippen LogP contribution < -0.4 is 15.4 Å². The maximum Gasteiger partial charge on any atom is 0.257 e. The number of nitrogens with one attached hydrogen (secondary N) is 2. The van der Waals surface area contributed by atoms with Crippen molar-refractivity contribution in [2.75, 3.05) is 5.32 Å². The summed E-state index contributed by atoms with van der Waals surface area (Å²) in [5, 5.41) is 5.86. The van der Waals surface area contributed by atoms with Crippen LogP contribution in [0.2, 0.25) is 0 Å². The highest BCUT2D eigenvalue weighted by Gasteiger charge is 2.11. The molecule has 0 saturated carbocycles. The number of rotatable bonds is 5. The van der Waals surface area contributed by atoms with Crippen LogP contribution in [-0.2, 0) is 0 Å². The number of carbonyl (C=O) groups excluding carboxylic acids is 1. The number of hydrogen-bond acceptors (Lipinski definition) is 6. The lowest BCUT2D eigenvalue weighted by molar-refractivity contribution is 0.0977. The summed E-state index contributed by atoms with van der Waals surface area (Å²) in [6.07, 6.45) is 3.45. The molecule has 0 aliphatic carbocycles. The van der Waals surface area contributed by atoms with Crippen LogP contribution >= 0.6 is 12.2 Å². The molecule has 4 aromatic rings. The molecule has 2 heterocycles. The van der Waals surface area contributed by atoms with Gasteiger partial charge in [0.05, 0.1) is 11.7 Å². The number of pyridine rings is 1. The molecule has 0 bridgehead atoms. The van der Waals surface area contributed by atoms with E-state index in [-0.39, 0.29) is 17.1 Å². The molecule has 8 heteroatoms. The smallest absolute Gasteiger partial charge is 0.257 e. The van der Waals surface area contributed by atoms with Crippen molar-refractivity contribution in [2.24, 2.45) is 0 Å². The fourth-order valence-corrected chi connectivity index (χ4v) is 3.12. The second-order valence-corrected chi connectivity index (χ2v) is 7.45. The van der Waals surface area contributed by atoms with E-state index in [1.165, 1.54) is 0 Å². The Balaban J connectivity index is 1.41. The first-order chi connectivity index (χ1) is 15.0. The molecule has 0 radical (unpaired) electrons. The van der Waals surface area contributed by atoms with Gasteiger partial charge in [-0.3, -0.25) is 15.1 Å². The summed E-state index contributed by atoms with van der Waals surface area (Å²) in [4.78, 5) is 21.0. The van der Waals surface area contributed by atoms with Crippen LogP contribution in [0.15, 0.2) is 71.4 Å². The van der Waals surface area contributed by atoms with Gasteiger partial charge in [0.2, 0.25) is 5.89 Å². The quantitative estimate of drug-likeness (QED) is 0.438. The first-order valence-electron chi connectivity index (χ1n) is 9.68. The Morgan fingerprint density at radius 3 is 2.65 bits per heavy atom. The Hall–Kier alpha value is -3.78. The molecular weight excluding hydrogens is 412 g/mol. The third-order valence-corrected chi connectivity index (χ3v) is 4.47. The molecule has 0 aliphatic heterocycles. The van der Waals surface area contributed by atoms with Crippen molar-refractivity contribution in [3.8, 4) is 17.2 Å². The van der Waals surface area contributed by atoms with Gasteiger partial charge in [-0.05, 0) is 80.7 Å². The van der Waals surface area contributed by atoms with Crippen LogP contribution in [0, 0.1) is 0 Å². The maximum absolute atomic E-state index is 12.4. The van der Waals surface area contributed by atoms with E-state index < -0.39 is 0 Å². The van der Waals surface area contributed by atoms with Gasteiger partial charge in [-0.15, -0.1) is 0 Å². The van der Waals surface area contributed by atoms with Gasteiger partial charge in [0, 0.05) is 23.6 Å². The highest BCUT2D eigenvalue weighted by molar-refractivity contribution is 7.80. The number of amides is 1. The van der Waals surface area contributed by atoms with Gasteiger partial charge in [-0.25, -0.2) is 4.98 Å². The lowest BCUT2D eigenvalue weighted by Gasteiger charge is -2.11. The number of thiocarbonyl (C=S) groups is 1. The molecule has 2 aromatic carbocycles. The molecule has 0 aliphatic rings. The summed E-state index contributed by atoms with van der Waals surface area (Å²) < 4.78 is 11.4. The SMILES string of the molecule is CC(C)Oc1ccc(C(=O)NC(=S)Nc2ccc3oc(-c4cccnc4)nc3c2)cc1. The van der Waals surface area contributed by atoms with Crippen LogP contribution in [0.5, 0.6) is 5.75 Å². The van der Waals surface area contributed by atoms with E-state index in [9.17, 15) is 4.79 Å². The molecule has 156 valence electrons. The fraction of sp³-hybridized carbons (Fsp3) is 0.130. The van der Waals surface area contributed by atoms with E-state index in [1.54, 1.807) is 54.9 Å². The van der Waals surface area contributed by atoms with Crippen molar-refractivity contribution in [2.45, 2.75) is 20.0 Å². The standard InChI is InChI=1S/C23H20N4O3S/c1-14(2)29-18-8-5-15(6-9-18)21(28)27-23(31)25-17-7-10-20-19(12-17)26-22(30-20)16-4-3-11-24-13-16/h3-14H,1-2H3,(H2,25,27,28,31). The number of aromatic nitrogens is 2. The van der Waals surface area contributed by atoms with Crippen LogP contribution in [0.4, 0.5) is 5.69 Å². The van der Waals surface area contributed by atoms with Gasteiger partial charge in [0.25, 0.3) is 5.91 Å². The normalized spacial score (nSPS) is 10.8. The third kappa shape index (κ3) is 5.04. The molecule has 7 nitrogen and oxygen atoms in total. The van der Waals surface area contributed by atoms with Crippen molar-refractivity contribution in [1.82, 2.24) is 15.3 Å². The molecule has 2 aromatic heterocycles. The molecular formula is C23H20N4O3S. The van der Waals surface area contributed by atoms with Gasteiger partial charge in [0.15, 0.2) is 10.7 Å². The highest BCUT2D eigenvalue weighted by atomic mass is 32.1. The first-order valence-corrected chi connectivity index (χ1v) is 10.1. The summed E-state index contributed by atoms with van der Waals surface area (Å²) in [5.74, 6) is 0.884. The van der Waals surface area contributed by atoms with Crippen molar-refractivity contribution in [1.29, 1.82) is 0 Å². The number of hydrogen-bond donors (Lipinski definition) is 2. The van der Waals surface area contributed by atoms with Crippen LogP contribution in [0.1, 0.15) is 24.2 Å². The second-order valence-electron chi connectivity index (χ2n) is 7.04. The number of benzene rings is 2. The molecule has 0 saturated heterocycles. The Morgan fingerprint density at radius 2 is 1.94 bits per heavy atom. The largest absolute Gasteiger partial charge is 0.491 e. The Morgan fingerprint density at radius 1 is 1.13 bits per heavy atom. The van der Waals surface area contributed by atoms with Gasteiger partial charge >= 0.3 is 0 Å². The fourth-order valence-electron chi connectivity index (χ4n) is 2.91. The minimum atomic E-state index is -0.310. The molecule has 0 unspecified atom stereocenters. The topological polar surface area (TPSA) is 89.3 Å². The van der Waals surface area contributed by atoms with Crippen molar-refractivity contribution < 1.29 is 13.9 Å². The van der Waals surface area contributed by atoms with Gasteiger partial charge in [-0.2, -0.15) is 0 Å². The first kappa shape index (κ1) is 20.5. The zero-order chi connectivity index (χ0) is 21.8.